The van der Waals surface area contributed by atoms with Gasteiger partial charge in [-0.1, -0.05) is 11.6 Å². The zero-order valence-electron chi connectivity index (χ0n) is 22.8. The Morgan fingerprint density at radius 3 is 2.02 bits per heavy atom. The Labute approximate surface area is 254 Å². The Balaban J connectivity index is 1.55. The predicted molar refractivity (Wildman–Crippen MR) is 152 cm³/mol. The summed E-state index contributed by atoms with van der Waals surface area (Å²) in [5.41, 5.74) is 1.41. The van der Waals surface area contributed by atoms with Crippen molar-refractivity contribution in [1.82, 2.24) is 9.80 Å². The number of halogens is 1. The number of phenols is 1. The second-order valence-electron chi connectivity index (χ2n) is 11.2. The molecule has 224 valence electrons. The number of aromatic hydroxyl groups is 1. The molecule has 0 radical (unpaired) electrons. The van der Waals surface area contributed by atoms with Crippen molar-refractivity contribution in [3.63, 3.8) is 0 Å². The fourth-order valence-corrected chi connectivity index (χ4v) is 7.87. The topological polar surface area (TPSA) is 179 Å². The van der Waals surface area contributed by atoms with Crippen LogP contribution in [0.1, 0.15) is 50.0 Å². The van der Waals surface area contributed by atoms with Gasteiger partial charge in [0.1, 0.15) is 0 Å². The average molecular weight is 694 g/mol. The normalized spacial score (nSPS) is 28.4. The number of likely N-dealkylation sites (tertiary alicyclic amines) is 2. The van der Waals surface area contributed by atoms with Crippen molar-refractivity contribution in [1.29, 1.82) is 0 Å². The van der Waals surface area contributed by atoms with E-state index in [1.54, 1.807) is 12.1 Å². The van der Waals surface area contributed by atoms with Crippen molar-refractivity contribution in [2.75, 3.05) is 20.2 Å². The van der Waals surface area contributed by atoms with Crippen molar-refractivity contribution in [2.45, 2.75) is 44.4 Å². The number of carboxylic acid groups (broad SMARTS) is 2. The number of amides is 4. The summed E-state index contributed by atoms with van der Waals surface area (Å²) in [5, 5.41) is 28.6. The Bertz CT molecular complexity index is 1410. The largest absolute Gasteiger partial charge is 0.504 e. The molecule has 3 fully saturated rings. The lowest BCUT2D eigenvalue weighted by molar-refractivity contribution is -0.143. The van der Waals surface area contributed by atoms with Crippen LogP contribution >= 0.6 is 22.6 Å². The molecular weight excluding hydrogens is 663 g/mol. The molecule has 12 nitrogen and oxygen atoms in total. The smallest absolute Gasteiger partial charge is 0.303 e. The third kappa shape index (κ3) is 5.05. The summed E-state index contributed by atoms with van der Waals surface area (Å²) in [6, 6.07) is 3.35. The van der Waals surface area contributed by atoms with E-state index in [-0.39, 0.29) is 69.0 Å². The number of hydrogen-bond acceptors (Lipinski definition) is 8. The van der Waals surface area contributed by atoms with E-state index in [1.165, 1.54) is 7.11 Å². The van der Waals surface area contributed by atoms with Gasteiger partial charge in [-0.3, -0.25) is 38.6 Å². The first kappa shape index (κ1) is 30.0. The molecule has 0 aromatic heterocycles. The molecule has 0 spiro atoms. The van der Waals surface area contributed by atoms with Crippen LogP contribution in [0.2, 0.25) is 0 Å². The van der Waals surface area contributed by atoms with Gasteiger partial charge in [-0.05, 0) is 71.9 Å². The summed E-state index contributed by atoms with van der Waals surface area (Å²) in [4.78, 5) is 78.9. The number of ether oxygens (including phenoxy) is 1. The van der Waals surface area contributed by atoms with Gasteiger partial charge in [0.15, 0.2) is 11.5 Å². The fourth-order valence-electron chi connectivity index (χ4n) is 7.24. The summed E-state index contributed by atoms with van der Waals surface area (Å²) >= 11 is 1.96. The van der Waals surface area contributed by atoms with E-state index >= 15 is 0 Å². The lowest BCUT2D eigenvalue weighted by Gasteiger charge is -2.44. The van der Waals surface area contributed by atoms with Crippen molar-refractivity contribution >= 4 is 58.2 Å². The van der Waals surface area contributed by atoms with Gasteiger partial charge in [-0.15, -0.1) is 0 Å². The van der Waals surface area contributed by atoms with Gasteiger partial charge in [0.05, 0.1) is 34.4 Å². The average Bonchev–Trinajstić information content (AvgIpc) is 3.33. The highest BCUT2D eigenvalue weighted by molar-refractivity contribution is 14.1. The molecule has 1 saturated carbocycles. The number of hydrogen-bond donors (Lipinski definition) is 3. The first-order valence-electron chi connectivity index (χ1n) is 13.9. The minimum absolute atomic E-state index is 0.00334. The number of imide groups is 2. The van der Waals surface area contributed by atoms with E-state index in [2.05, 4.69) is 0 Å². The molecule has 13 heteroatoms. The second-order valence-corrected chi connectivity index (χ2v) is 12.4. The molecular formula is C29H31IN2O10. The highest BCUT2D eigenvalue weighted by atomic mass is 127. The molecule has 5 rings (SSSR count). The number of methoxy groups -OCH3 is 1. The van der Waals surface area contributed by atoms with Crippen LogP contribution in [0.25, 0.3) is 0 Å². The molecule has 2 saturated heterocycles. The quantitative estimate of drug-likeness (QED) is 0.187. The Hall–Kier alpha value is -3.49. The zero-order valence-corrected chi connectivity index (χ0v) is 25.0. The minimum Gasteiger partial charge on any atom is -0.504 e. The lowest BCUT2D eigenvalue weighted by atomic mass is 9.57. The molecule has 0 unspecified atom stereocenters. The van der Waals surface area contributed by atoms with Gasteiger partial charge in [0, 0.05) is 31.8 Å². The maximum atomic E-state index is 13.8. The van der Waals surface area contributed by atoms with Crippen molar-refractivity contribution in [3.8, 4) is 11.5 Å². The summed E-state index contributed by atoms with van der Waals surface area (Å²) in [6.07, 6.45) is 2.21. The summed E-state index contributed by atoms with van der Waals surface area (Å²) in [7, 11) is 1.40. The van der Waals surface area contributed by atoms with Crippen LogP contribution in [0.4, 0.5) is 0 Å². The number of carbonyl (C=O) groups excluding carboxylic acids is 4. The first-order chi connectivity index (χ1) is 20.0. The third-order valence-electron chi connectivity index (χ3n) is 9.01. The molecule has 42 heavy (non-hydrogen) atoms. The van der Waals surface area contributed by atoms with E-state index in [4.69, 9.17) is 14.9 Å². The van der Waals surface area contributed by atoms with E-state index in [0.717, 1.165) is 15.4 Å². The minimum atomic E-state index is -1.03. The monoisotopic (exact) mass is 694 g/mol. The molecule has 2 heterocycles. The maximum Gasteiger partial charge on any atom is 0.303 e. The van der Waals surface area contributed by atoms with E-state index in [9.17, 15) is 33.9 Å². The Morgan fingerprint density at radius 1 is 0.881 bits per heavy atom. The standard InChI is InChI=1S/C29H31IN2O10/c1-42-19-11-13(10-18(30)25(19)37)22-14-6-7-15-23(28(40)31(26(15)38)8-2-4-20(33)34)16(14)12-17-24(22)29(41)32(27(17)39)9-3-5-21(35)36/h6,10-11,15-17,22-24,37H,2-5,7-9,12H2,1H3,(H,33,34)(H,35,36)/t15-,16+,17+,22-,23-,24+/m0/s1. The molecule has 2 aliphatic carbocycles. The van der Waals surface area contributed by atoms with Crippen molar-refractivity contribution in [3.05, 3.63) is 32.9 Å². The number of carboxylic acids is 2. The second kappa shape index (κ2) is 11.7. The number of aliphatic carboxylic acids is 2. The zero-order chi connectivity index (χ0) is 30.5. The van der Waals surface area contributed by atoms with Gasteiger partial charge in [0.2, 0.25) is 23.6 Å². The van der Waals surface area contributed by atoms with Crippen LogP contribution in [0, 0.1) is 33.2 Å². The number of rotatable bonds is 10. The van der Waals surface area contributed by atoms with Gasteiger partial charge < -0.3 is 20.1 Å². The van der Waals surface area contributed by atoms with Crippen molar-refractivity contribution < 1.29 is 48.8 Å². The maximum absolute atomic E-state index is 13.8. The molecule has 1 aromatic carbocycles. The predicted octanol–water partition coefficient (Wildman–Crippen LogP) is 2.37. The Morgan fingerprint density at radius 2 is 1.45 bits per heavy atom. The third-order valence-corrected chi connectivity index (χ3v) is 9.83. The molecule has 1 aromatic rings. The van der Waals surface area contributed by atoms with Crippen LogP contribution in [0.15, 0.2) is 23.8 Å². The summed E-state index contributed by atoms with van der Waals surface area (Å²) in [5.74, 6) is -7.61. The highest BCUT2D eigenvalue weighted by Crippen LogP contribution is 2.58. The van der Waals surface area contributed by atoms with E-state index in [1.807, 2.05) is 28.7 Å². The molecule has 4 amide bonds. The van der Waals surface area contributed by atoms with E-state index < -0.39 is 65.2 Å². The van der Waals surface area contributed by atoms with Gasteiger partial charge in [0.25, 0.3) is 0 Å². The van der Waals surface area contributed by atoms with Crippen LogP contribution < -0.4 is 4.74 Å². The van der Waals surface area contributed by atoms with Gasteiger partial charge in [-0.2, -0.15) is 0 Å². The SMILES string of the molecule is COc1cc([C@H]2C3=CC[C@@H]4C(=O)N(CCCC(=O)O)C(=O)[C@@H]4[C@@H]3C[C@H]3C(=O)N(CCCC(=O)O)C(=O)[C@@H]23)cc(I)c1O. The van der Waals surface area contributed by atoms with Crippen molar-refractivity contribution in [2.24, 2.45) is 29.6 Å². The molecule has 2 aliphatic heterocycles. The number of phenolic OH excluding ortho intramolecular Hbond substituents is 1. The summed E-state index contributed by atoms with van der Waals surface area (Å²) < 4.78 is 5.85. The molecule has 0 bridgehead atoms. The number of allylic oxidation sites excluding steroid dienone is 2. The Kier molecular flexibility index (Phi) is 8.32. The molecule has 6 atom stereocenters. The molecule has 4 aliphatic rings. The highest BCUT2D eigenvalue weighted by Gasteiger charge is 2.61. The van der Waals surface area contributed by atoms with Gasteiger partial charge in [-0.25, -0.2) is 0 Å². The number of carbonyl (C=O) groups is 6. The first-order valence-corrected chi connectivity index (χ1v) is 14.9. The number of fused-ring (bicyclic) bond motifs is 4. The van der Waals surface area contributed by atoms with Crippen LogP contribution in [0.3, 0.4) is 0 Å². The van der Waals surface area contributed by atoms with Crippen LogP contribution in [-0.4, -0.2) is 80.9 Å². The van der Waals surface area contributed by atoms with Gasteiger partial charge >= 0.3 is 11.9 Å². The summed E-state index contributed by atoms with van der Waals surface area (Å²) in [6.45, 7) is -0.0404. The fraction of sp³-hybridized carbons (Fsp3) is 0.517. The molecule has 3 N–H and O–H groups in total. The van der Waals surface area contributed by atoms with Crippen LogP contribution in [0.5, 0.6) is 11.5 Å². The lowest BCUT2D eigenvalue weighted by Crippen LogP contribution is -2.43. The van der Waals surface area contributed by atoms with E-state index in [0.29, 0.717) is 9.13 Å². The van der Waals surface area contributed by atoms with Crippen LogP contribution in [-0.2, 0) is 28.8 Å². The number of benzene rings is 1. The number of nitrogens with zero attached hydrogens (tertiary/aromatic N) is 2.